The number of carbonyl (C=O) groups is 1. The van der Waals surface area contributed by atoms with Gasteiger partial charge in [-0.1, -0.05) is 30.7 Å². The minimum atomic E-state index is -0.105. The summed E-state index contributed by atoms with van der Waals surface area (Å²) in [4.78, 5) is 17.2. The van der Waals surface area contributed by atoms with E-state index in [-0.39, 0.29) is 23.8 Å². The van der Waals surface area contributed by atoms with Crippen LogP contribution in [0, 0.1) is 5.92 Å². The van der Waals surface area contributed by atoms with Crippen LogP contribution in [0.2, 0.25) is 5.02 Å². The Morgan fingerprint density at radius 2 is 1.73 bits per heavy atom. The number of piperidine rings is 1. The first kappa shape index (κ1) is 31.4. The summed E-state index contributed by atoms with van der Waals surface area (Å²) in [5, 5.41) is 0.727. The fraction of sp³-hybridized carbons (Fsp3) is 0.696. The molecule has 1 aromatic rings. The maximum atomic E-state index is 12.5. The van der Waals surface area contributed by atoms with E-state index >= 15 is 0 Å². The number of halogens is 1. The normalized spacial score (nSPS) is 23.9. The third-order valence-electron chi connectivity index (χ3n) is 6.45. The predicted molar refractivity (Wildman–Crippen MR) is 137 cm³/mol. The van der Waals surface area contributed by atoms with Crippen LogP contribution in [0.5, 0.6) is 0 Å². The van der Waals surface area contributed by atoms with Crippen LogP contribution in [0.4, 0.5) is 0 Å². The summed E-state index contributed by atoms with van der Waals surface area (Å²) in [6.07, 6.45) is 3.20. The Morgan fingerprint density at radius 1 is 1.12 bits per heavy atom. The van der Waals surface area contributed by atoms with Crippen LogP contribution in [0.3, 0.4) is 0 Å². The van der Waals surface area contributed by atoms with Crippen LogP contribution >= 0.6 is 11.6 Å². The molecule has 2 aliphatic heterocycles. The van der Waals surface area contributed by atoms with Crippen LogP contribution in [-0.2, 0) is 69.8 Å². The average Bonchev–Trinajstić information content (AvgIpc) is 3.11. The van der Waals surface area contributed by atoms with Gasteiger partial charge in [-0.3, -0.25) is 9.69 Å². The van der Waals surface area contributed by atoms with Gasteiger partial charge in [0.05, 0.1) is 13.0 Å². The molecule has 2 aliphatic rings. The first-order valence-corrected chi connectivity index (χ1v) is 14.1. The minimum absolute atomic E-state index is 0.0975. The van der Waals surface area contributed by atoms with E-state index < -0.39 is 0 Å². The van der Waals surface area contributed by atoms with E-state index in [2.05, 4.69) is 16.7 Å². The van der Waals surface area contributed by atoms with Gasteiger partial charge in [0.2, 0.25) is 0 Å². The number of benzene rings is 1. The van der Waals surface area contributed by atoms with Crippen molar-refractivity contribution in [3.63, 3.8) is 0 Å². The zero-order valence-corrected chi connectivity index (χ0v) is 24.4. The number of hydrogen-bond acceptors (Lipinski definition) is 8. The molecule has 33 heavy (non-hydrogen) atoms. The quantitative estimate of drug-likeness (QED) is 0.310. The van der Waals surface area contributed by atoms with Crippen molar-refractivity contribution in [1.82, 2.24) is 9.80 Å². The van der Waals surface area contributed by atoms with Crippen molar-refractivity contribution in [2.24, 2.45) is 5.92 Å². The molecular formula is C23H34ClN2O3S3Tc+. The molecule has 2 bridgehead atoms. The zero-order chi connectivity index (χ0) is 24.8. The molecule has 0 radical (unpaired) electrons. The third-order valence-corrected chi connectivity index (χ3v) is 7.25. The Kier molecular flexibility index (Phi) is 16.9. The predicted octanol–water partition coefficient (Wildman–Crippen LogP) is 3.28. The molecule has 5 nitrogen and oxygen atoms in total. The van der Waals surface area contributed by atoms with Crippen molar-refractivity contribution < 1.29 is 31.9 Å². The third kappa shape index (κ3) is 9.41. The zero-order valence-electron chi connectivity index (χ0n) is 19.3. The van der Waals surface area contributed by atoms with Crippen LogP contribution in [0.15, 0.2) is 24.3 Å². The van der Waals surface area contributed by atoms with Gasteiger partial charge in [0, 0.05) is 23.0 Å². The van der Waals surface area contributed by atoms with Gasteiger partial charge in [0.1, 0.15) is 0 Å². The number of nitrogens with zero attached hydrogens (tertiary/aromatic N) is 2. The Balaban J connectivity index is 0.000000420. The van der Waals surface area contributed by atoms with Crippen molar-refractivity contribution in [1.29, 1.82) is 0 Å². The number of methoxy groups -OCH3 is 1. The standard InChI is InChI=1S/C17H22ClNO2S.C6H15NS2.O.Tc/c1-21-17(20)16-14(11-2-4-12(18)5-3-11)10-13-6-7-15(16)19(13)8-9-22;1-2-7(3-5-8)4-6-9;;/h2-5,13-16,22H,6-10H2,1H3;8-9H,2-6H2,1H3;;/q;;;+4/p-3/t13?,14-,15?,16+;;;/m1.../s1/i;;;1+1. The van der Waals surface area contributed by atoms with Crippen molar-refractivity contribution in [3.05, 3.63) is 34.9 Å². The number of fused-ring (bicyclic) bond motifs is 2. The molecule has 185 valence electrons. The Morgan fingerprint density at radius 3 is 2.21 bits per heavy atom. The summed E-state index contributed by atoms with van der Waals surface area (Å²) in [7, 11) is 1.49. The van der Waals surface area contributed by atoms with Crippen molar-refractivity contribution in [2.75, 3.05) is 50.5 Å². The first-order valence-electron chi connectivity index (χ1n) is 11.2. The molecule has 0 amide bonds. The van der Waals surface area contributed by atoms with Crippen molar-refractivity contribution in [2.45, 2.75) is 44.2 Å². The van der Waals surface area contributed by atoms with E-state index in [9.17, 15) is 4.79 Å². The van der Waals surface area contributed by atoms with E-state index in [0.29, 0.717) is 11.8 Å². The number of ether oxygens (including phenoxy) is 1. The summed E-state index contributed by atoms with van der Waals surface area (Å²) in [5.41, 5.74) is 1.19. The van der Waals surface area contributed by atoms with Gasteiger partial charge >= 0.3 is 28.3 Å². The van der Waals surface area contributed by atoms with Gasteiger partial charge in [0.15, 0.2) is 0 Å². The molecule has 0 aromatic heterocycles. The average molecular weight is 617 g/mol. The second-order valence-corrected chi connectivity index (χ2v) is 9.69. The Hall–Kier alpha value is 0.399. The second kappa shape index (κ2) is 17.8. The van der Waals surface area contributed by atoms with Crippen LogP contribution in [0.1, 0.15) is 37.7 Å². The molecule has 0 N–H and O–H groups in total. The molecule has 1 aromatic carbocycles. The van der Waals surface area contributed by atoms with Gasteiger partial charge in [-0.05, 0) is 63.1 Å². The summed E-state index contributed by atoms with van der Waals surface area (Å²) in [5.74, 6) is 2.37. The molecule has 2 saturated heterocycles. The monoisotopic (exact) mass is 616 g/mol. The molecule has 3 rings (SSSR count). The fourth-order valence-corrected chi connectivity index (χ4v) is 5.82. The van der Waals surface area contributed by atoms with E-state index in [1.807, 2.05) is 24.3 Å². The summed E-state index contributed by atoms with van der Waals surface area (Å²) in [6, 6.07) is 8.70. The fourth-order valence-electron chi connectivity index (χ4n) is 4.96. The van der Waals surface area contributed by atoms with Gasteiger partial charge in [-0.15, -0.1) is 0 Å². The molecule has 4 atom stereocenters. The molecule has 0 aliphatic carbocycles. The summed E-state index contributed by atoms with van der Waals surface area (Å²) >= 11 is 21.7. The first-order chi connectivity index (χ1) is 16.0. The topological polar surface area (TPSA) is 49.9 Å². The van der Waals surface area contributed by atoms with E-state index in [0.717, 1.165) is 80.8 Å². The number of hydrogen-bond donors (Lipinski definition) is 0. The van der Waals surface area contributed by atoms with Crippen molar-refractivity contribution >= 4 is 55.5 Å². The second-order valence-electron chi connectivity index (χ2n) is 8.03. The maximum absolute atomic E-state index is 12.5. The van der Waals surface area contributed by atoms with Gasteiger partial charge in [-0.25, -0.2) is 0 Å². The Bertz CT molecular complexity index is 683. The van der Waals surface area contributed by atoms with Gasteiger partial charge in [0.25, 0.3) is 0 Å². The van der Waals surface area contributed by atoms with E-state index in [1.165, 1.54) is 12.7 Å². The van der Waals surface area contributed by atoms with Crippen LogP contribution < -0.4 is 0 Å². The molecule has 2 unspecified atom stereocenters. The summed E-state index contributed by atoms with van der Waals surface area (Å²) in [6.45, 7) is 6.14. The molecular weight excluding hydrogens is 583 g/mol. The van der Waals surface area contributed by atoms with Crippen molar-refractivity contribution in [3.8, 4) is 0 Å². The molecule has 10 heteroatoms. The summed E-state index contributed by atoms with van der Waals surface area (Å²) < 4.78 is 13.3. The Labute approximate surface area is 231 Å². The SMILES string of the molecule is CCN(CC[S-])CC[S-].COC(=O)[C@@H]1C2CCC(C[C@@H]1c1ccc(Cl)cc1)N2CC[S-].[O]=[99Tc+4]. The van der Waals surface area contributed by atoms with E-state index in [1.54, 1.807) is 0 Å². The van der Waals surface area contributed by atoms with Gasteiger partial charge in [-0.2, -0.15) is 17.3 Å². The van der Waals surface area contributed by atoms with E-state index in [4.69, 9.17) is 57.7 Å². The number of carbonyl (C=O) groups excluding carboxylic acids is 1. The molecule has 0 saturated carbocycles. The molecule has 0 spiro atoms. The van der Waals surface area contributed by atoms with Crippen LogP contribution in [-0.4, -0.2) is 78.4 Å². The number of rotatable bonds is 9. The number of esters is 1. The molecule has 2 fully saturated rings. The molecule has 2 heterocycles. The van der Waals surface area contributed by atoms with Gasteiger partial charge < -0.3 is 47.5 Å². The van der Waals surface area contributed by atoms with Crippen LogP contribution in [0.25, 0.3) is 0 Å².